The number of aryl methyl sites for hydroxylation is 2. The normalized spacial score (nSPS) is 11.1. The number of nitrogens with one attached hydrogen (secondary N) is 1. The molecule has 0 spiro atoms. The molecule has 0 heterocycles. The van der Waals surface area contributed by atoms with Gasteiger partial charge in [0.2, 0.25) is 11.8 Å². The lowest BCUT2D eigenvalue weighted by molar-refractivity contribution is -0.133. The first-order valence-corrected chi connectivity index (χ1v) is 10.4. The van der Waals surface area contributed by atoms with Gasteiger partial charge in [-0.05, 0) is 54.5 Å². The zero-order valence-corrected chi connectivity index (χ0v) is 19.0. The lowest BCUT2D eigenvalue weighted by atomic mass is 9.87. The van der Waals surface area contributed by atoms with Crippen molar-refractivity contribution in [1.82, 2.24) is 4.90 Å². The molecule has 0 saturated carbocycles. The van der Waals surface area contributed by atoms with Crippen LogP contribution in [0.4, 0.5) is 5.69 Å². The first kappa shape index (κ1) is 23.5. The van der Waals surface area contributed by atoms with Crippen molar-refractivity contribution in [2.24, 2.45) is 0 Å². The summed E-state index contributed by atoms with van der Waals surface area (Å²) in [7, 11) is 1.65. The molecule has 0 aliphatic rings. The van der Waals surface area contributed by atoms with Gasteiger partial charge >= 0.3 is 0 Å². The Morgan fingerprint density at radius 3 is 2.17 bits per heavy atom. The van der Waals surface area contributed by atoms with Crippen LogP contribution in [0.25, 0.3) is 0 Å². The van der Waals surface area contributed by atoms with E-state index in [1.54, 1.807) is 7.05 Å². The van der Waals surface area contributed by atoms with Crippen molar-refractivity contribution in [2.45, 2.75) is 52.9 Å². The van der Waals surface area contributed by atoms with E-state index in [9.17, 15) is 9.59 Å². The number of rotatable bonds is 8. The third kappa shape index (κ3) is 6.90. The Morgan fingerprint density at radius 2 is 1.60 bits per heavy atom. The number of para-hydroxylation sites is 1. The fraction of sp³-hybridized carbons (Fsp3) is 0.440. The zero-order valence-electron chi connectivity index (χ0n) is 19.0. The molecule has 0 aromatic heterocycles. The molecule has 0 fully saturated rings. The SMILES string of the molecule is Cc1cccc(C)c1NC(=O)CN(C)C(=O)CCCOc1ccc(C(C)(C)C)cc1. The molecule has 1 N–H and O–H groups in total. The van der Waals surface area contributed by atoms with Gasteiger partial charge in [-0.3, -0.25) is 9.59 Å². The van der Waals surface area contributed by atoms with Gasteiger partial charge < -0.3 is 15.0 Å². The van der Waals surface area contributed by atoms with Gasteiger partial charge in [0.25, 0.3) is 0 Å². The largest absolute Gasteiger partial charge is 0.494 e. The Kier molecular flexibility index (Phi) is 8.04. The number of benzene rings is 2. The predicted octanol–water partition coefficient (Wildman–Crippen LogP) is 4.86. The first-order valence-electron chi connectivity index (χ1n) is 10.4. The van der Waals surface area contributed by atoms with Crippen LogP contribution in [0.5, 0.6) is 5.75 Å². The summed E-state index contributed by atoms with van der Waals surface area (Å²) in [5.41, 5.74) is 4.19. The Morgan fingerprint density at radius 1 is 1.00 bits per heavy atom. The molecular weight excluding hydrogens is 376 g/mol. The lowest BCUT2D eigenvalue weighted by Crippen LogP contribution is -2.35. The number of nitrogens with zero attached hydrogens (tertiary/aromatic N) is 1. The quantitative estimate of drug-likeness (QED) is 0.633. The summed E-state index contributed by atoms with van der Waals surface area (Å²) in [4.78, 5) is 26.1. The summed E-state index contributed by atoms with van der Waals surface area (Å²) >= 11 is 0. The Balaban J connectivity index is 1.73. The van der Waals surface area contributed by atoms with Crippen molar-refractivity contribution in [3.63, 3.8) is 0 Å². The molecule has 0 bridgehead atoms. The molecule has 0 aliphatic carbocycles. The molecule has 5 nitrogen and oxygen atoms in total. The van der Waals surface area contributed by atoms with Crippen LogP contribution < -0.4 is 10.1 Å². The highest BCUT2D eigenvalue weighted by molar-refractivity contribution is 5.95. The van der Waals surface area contributed by atoms with Gasteiger partial charge in [-0.1, -0.05) is 51.1 Å². The Hall–Kier alpha value is -2.82. The fourth-order valence-corrected chi connectivity index (χ4v) is 3.15. The Bertz CT molecular complexity index is 847. The smallest absolute Gasteiger partial charge is 0.243 e. The van der Waals surface area contributed by atoms with E-state index in [2.05, 4.69) is 38.2 Å². The fourth-order valence-electron chi connectivity index (χ4n) is 3.15. The van der Waals surface area contributed by atoms with Crippen molar-refractivity contribution in [3.05, 3.63) is 59.2 Å². The highest BCUT2D eigenvalue weighted by atomic mass is 16.5. The molecule has 0 radical (unpaired) electrons. The van der Waals surface area contributed by atoms with Crippen LogP contribution in [0.3, 0.4) is 0 Å². The van der Waals surface area contributed by atoms with Crippen LogP contribution in [0.15, 0.2) is 42.5 Å². The van der Waals surface area contributed by atoms with Gasteiger partial charge in [-0.2, -0.15) is 0 Å². The molecule has 2 rings (SSSR count). The number of carbonyl (C=O) groups excluding carboxylic acids is 2. The second kappa shape index (κ2) is 10.3. The van der Waals surface area contributed by atoms with Gasteiger partial charge in [0.05, 0.1) is 13.2 Å². The number of amides is 2. The predicted molar refractivity (Wildman–Crippen MR) is 122 cm³/mol. The van der Waals surface area contributed by atoms with Gasteiger partial charge in [0.1, 0.15) is 5.75 Å². The number of likely N-dealkylation sites (N-methyl/N-ethyl adjacent to an activating group) is 1. The average molecular weight is 411 g/mol. The second-order valence-corrected chi connectivity index (χ2v) is 8.79. The lowest BCUT2D eigenvalue weighted by Gasteiger charge is -2.19. The minimum atomic E-state index is -0.196. The van der Waals surface area contributed by atoms with Crippen LogP contribution in [0, 0.1) is 13.8 Å². The molecular formula is C25H34N2O3. The van der Waals surface area contributed by atoms with E-state index in [1.807, 2.05) is 44.2 Å². The molecule has 0 unspecified atom stereocenters. The van der Waals surface area contributed by atoms with Gasteiger partial charge in [-0.25, -0.2) is 0 Å². The van der Waals surface area contributed by atoms with Crippen molar-refractivity contribution in [1.29, 1.82) is 0 Å². The summed E-state index contributed by atoms with van der Waals surface area (Å²) in [5, 5.41) is 2.91. The molecule has 0 atom stereocenters. The number of hydrogen-bond donors (Lipinski definition) is 1. The van der Waals surface area contributed by atoms with Crippen molar-refractivity contribution in [3.8, 4) is 5.75 Å². The van der Waals surface area contributed by atoms with Crippen molar-refractivity contribution >= 4 is 17.5 Å². The molecule has 2 aromatic rings. The van der Waals surface area contributed by atoms with Crippen molar-refractivity contribution in [2.75, 3.05) is 25.5 Å². The van der Waals surface area contributed by atoms with Crippen LogP contribution in [0.2, 0.25) is 0 Å². The topological polar surface area (TPSA) is 58.6 Å². The van der Waals surface area contributed by atoms with E-state index in [1.165, 1.54) is 10.5 Å². The highest BCUT2D eigenvalue weighted by Gasteiger charge is 2.15. The second-order valence-electron chi connectivity index (χ2n) is 8.79. The number of hydrogen-bond acceptors (Lipinski definition) is 3. The standard InChI is InChI=1S/C25H34N2O3/c1-18-9-7-10-19(2)24(18)26-22(28)17-27(6)23(29)11-8-16-30-21-14-12-20(13-15-21)25(3,4)5/h7,9-10,12-15H,8,11,16-17H2,1-6H3,(H,26,28). The van der Waals surface area contributed by atoms with E-state index in [0.29, 0.717) is 19.4 Å². The van der Waals surface area contributed by atoms with Crippen LogP contribution in [-0.2, 0) is 15.0 Å². The summed E-state index contributed by atoms with van der Waals surface area (Å²) in [6.07, 6.45) is 0.940. The summed E-state index contributed by atoms with van der Waals surface area (Å²) in [6, 6.07) is 13.9. The third-order valence-electron chi connectivity index (χ3n) is 5.08. The number of carbonyl (C=O) groups is 2. The van der Waals surface area contributed by atoms with Gasteiger partial charge in [0.15, 0.2) is 0 Å². The van der Waals surface area contributed by atoms with E-state index in [4.69, 9.17) is 4.74 Å². The van der Waals surface area contributed by atoms with Gasteiger partial charge in [-0.15, -0.1) is 0 Å². The summed E-state index contributed by atoms with van der Waals surface area (Å²) in [5.74, 6) is 0.536. The van der Waals surface area contributed by atoms with Crippen LogP contribution >= 0.6 is 0 Å². The van der Waals surface area contributed by atoms with Gasteiger partial charge in [0, 0.05) is 19.2 Å². The number of anilines is 1. The maximum atomic E-state index is 12.3. The van der Waals surface area contributed by atoms with Crippen LogP contribution in [-0.4, -0.2) is 36.9 Å². The number of ether oxygens (including phenoxy) is 1. The zero-order chi connectivity index (χ0) is 22.3. The molecule has 162 valence electrons. The highest BCUT2D eigenvalue weighted by Crippen LogP contribution is 2.24. The van der Waals surface area contributed by atoms with E-state index < -0.39 is 0 Å². The molecule has 0 aliphatic heterocycles. The molecule has 0 saturated heterocycles. The summed E-state index contributed by atoms with van der Waals surface area (Å²) in [6.45, 7) is 10.9. The monoisotopic (exact) mass is 410 g/mol. The van der Waals surface area contributed by atoms with E-state index in [0.717, 1.165) is 22.6 Å². The molecule has 30 heavy (non-hydrogen) atoms. The average Bonchev–Trinajstić information content (AvgIpc) is 2.67. The van der Waals surface area contributed by atoms with Crippen LogP contribution in [0.1, 0.15) is 50.3 Å². The maximum absolute atomic E-state index is 12.3. The maximum Gasteiger partial charge on any atom is 0.243 e. The van der Waals surface area contributed by atoms with E-state index in [-0.39, 0.29) is 23.8 Å². The minimum Gasteiger partial charge on any atom is -0.494 e. The third-order valence-corrected chi connectivity index (χ3v) is 5.08. The molecule has 2 amide bonds. The Labute approximate surface area is 180 Å². The molecule has 5 heteroatoms. The minimum absolute atomic E-state index is 0.0295. The summed E-state index contributed by atoms with van der Waals surface area (Å²) < 4.78 is 5.74. The first-order chi connectivity index (χ1) is 14.1. The molecule has 2 aromatic carbocycles. The van der Waals surface area contributed by atoms with Crippen molar-refractivity contribution < 1.29 is 14.3 Å². The van der Waals surface area contributed by atoms with E-state index >= 15 is 0 Å².